The summed E-state index contributed by atoms with van der Waals surface area (Å²) in [4.78, 5) is 11.2. The van der Waals surface area contributed by atoms with Crippen LogP contribution in [0.25, 0.3) is 0 Å². The predicted molar refractivity (Wildman–Crippen MR) is 77.2 cm³/mol. The van der Waals surface area contributed by atoms with Crippen molar-refractivity contribution in [3.63, 3.8) is 0 Å². The number of para-hydroxylation sites is 1. The molecule has 0 amide bonds. The predicted octanol–water partition coefficient (Wildman–Crippen LogP) is 3.81. The van der Waals surface area contributed by atoms with Gasteiger partial charge in [0.15, 0.2) is 0 Å². The fourth-order valence-electron chi connectivity index (χ4n) is 1.85. The smallest absolute Gasteiger partial charge is 0.340 e. The number of carbonyl (C=O) groups is 1. The van der Waals surface area contributed by atoms with Crippen LogP contribution in [0, 0.1) is 12.7 Å². The van der Waals surface area contributed by atoms with E-state index in [-0.39, 0.29) is 11.3 Å². The van der Waals surface area contributed by atoms with Crippen LogP contribution >= 0.6 is 11.6 Å². The minimum absolute atomic E-state index is 0.188. The summed E-state index contributed by atoms with van der Waals surface area (Å²) in [5.74, 6) is -2.09. The minimum atomic E-state index is -1.31. The van der Waals surface area contributed by atoms with E-state index < -0.39 is 17.5 Å². The zero-order chi connectivity index (χ0) is 14.9. The Labute approximate surface area is 120 Å². The third kappa shape index (κ3) is 2.53. The lowest BCUT2D eigenvalue weighted by Crippen LogP contribution is -2.09. The van der Waals surface area contributed by atoms with Gasteiger partial charge in [-0.3, -0.25) is 0 Å². The first kappa shape index (κ1) is 14.1. The average Bonchev–Trinajstić information content (AvgIpc) is 2.37. The second-order valence-corrected chi connectivity index (χ2v) is 4.65. The van der Waals surface area contributed by atoms with Gasteiger partial charge in [-0.1, -0.05) is 23.7 Å². The Morgan fingerprint density at radius 3 is 2.65 bits per heavy atom. The lowest BCUT2D eigenvalue weighted by molar-refractivity contribution is 0.0698. The standard InChI is InChI=1S/C14H12ClFN2O2/c1-7-3-2-4-8(15)13(7)18-10-6-5-9(16)12(17)11(10)14(19)20/h2-6,18H,17H2,1H3,(H,19,20). The molecule has 0 spiro atoms. The van der Waals surface area contributed by atoms with E-state index in [1.165, 1.54) is 6.07 Å². The number of nitrogens with one attached hydrogen (secondary N) is 1. The summed E-state index contributed by atoms with van der Waals surface area (Å²) in [6.45, 7) is 1.82. The van der Waals surface area contributed by atoms with Gasteiger partial charge in [0.2, 0.25) is 0 Å². The Kier molecular flexibility index (Phi) is 3.81. The molecule has 4 N–H and O–H groups in total. The molecule has 2 aromatic carbocycles. The fraction of sp³-hybridized carbons (Fsp3) is 0.0714. The third-order valence-electron chi connectivity index (χ3n) is 2.89. The van der Waals surface area contributed by atoms with Crippen LogP contribution in [0.1, 0.15) is 15.9 Å². The van der Waals surface area contributed by atoms with Gasteiger partial charge in [-0.15, -0.1) is 0 Å². The maximum absolute atomic E-state index is 13.4. The molecule has 0 aliphatic rings. The molecule has 0 aliphatic carbocycles. The summed E-state index contributed by atoms with van der Waals surface area (Å²) in [6, 6.07) is 7.69. The zero-order valence-corrected chi connectivity index (χ0v) is 11.3. The Bertz CT molecular complexity index is 669. The molecule has 2 rings (SSSR count). The van der Waals surface area contributed by atoms with Crippen molar-refractivity contribution >= 4 is 34.6 Å². The van der Waals surface area contributed by atoms with Gasteiger partial charge in [0.1, 0.15) is 11.4 Å². The highest BCUT2D eigenvalue weighted by molar-refractivity contribution is 6.33. The van der Waals surface area contributed by atoms with Crippen molar-refractivity contribution in [1.82, 2.24) is 0 Å². The highest BCUT2D eigenvalue weighted by Gasteiger charge is 2.18. The van der Waals surface area contributed by atoms with E-state index >= 15 is 0 Å². The van der Waals surface area contributed by atoms with Crippen LogP contribution in [0.15, 0.2) is 30.3 Å². The summed E-state index contributed by atoms with van der Waals surface area (Å²) in [7, 11) is 0. The first-order valence-electron chi connectivity index (χ1n) is 5.75. The number of aryl methyl sites for hydroxylation is 1. The highest BCUT2D eigenvalue weighted by Crippen LogP contribution is 2.32. The first-order valence-corrected chi connectivity index (χ1v) is 6.13. The van der Waals surface area contributed by atoms with Crippen LogP contribution in [0.3, 0.4) is 0 Å². The van der Waals surface area contributed by atoms with Gasteiger partial charge in [-0.25, -0.2) is 9.18 Å². The van der Waals surface area contributed by atoms with Crippen molar-refractivity contribution < 1.29 is 14.3 Å². The molecule has 104 valence electrons. The monoisotopic (exact) mass is 294 g/mol. The van der Waals surface area contributed by atoms with E-state index in [1.807, 2.05) is 13.0 Å². The van der Waals surface area contributed by atoms with E-state index in [0.29, 0.717) is 10.7 Å². The van der Waals surface area contributed by atoms with Crippen molar-refractivity contribution in [3.8, 4) is 0 Å². The van der Waals surface area contributed by atoms with Crippen molar-refractivity contribution in [2.45, 2.75) is 6.92 Å². The highest BCUT2D eigenvalue weighted by atomic mass is 35.5. The summed E-state index contributed by atoms with van der Waals surface area (Å²) in [5.41, 5.74) is 6.34. The molecular weight excluding hydrogens is 283 g/mol. The van der Waals surface area contributed by atoms with Gasteiger partial charge < -0.3 is 16.2 Å². The molecule has 0 saturated carbocycles. The molecule has 6 heteroatoms. The first-order chi connectivity index (χ1) is 9.41. The Morgan fingerprint density at radius 1 is 1.35 bits per heavy atom. The maximum atomic E-state index is 13.4. The van der Waals surface area contributed by atoms with Crippen LogP contribution in [-0.4, -0.2) is 11.1 Å². The molecule has 0 aromatic heterocycles. The molecule has 0 fully saturated rings. The zero-order valence-electron chi connectivity index (χ0n) is 10.6. The Hall–Kier alpha value is -2.27. The van der Waals surface area contributed by atoms with E-state index in [2.05, 4.69) is 5.32 Å². The van der Waals surface area contributed by atoms with E-state index in [4.69, 9.17) is 22.4 Å². The number of hydrogen-bond acceptors (Lipinski definition) is 3. The largest absolute Gasteiger partial charge is 0.478 e. The molecular formula is C14H12ClFN2O2. The molecule has 0 bridgehead atoms. The quantitative estimate of drug-likeness (QED) is 0.752. The van der Waals surface area contributed by atoms with Gasteiger partial charge in [-0.05, 0) is 30.7 Å². The number of halogens is 2. The molecule has 0 heterocycles. The van der Waals surface area contributed by atoms with Crippen LogP contribution < -0.4 is 11.1 Å². The molecule has 2 aromatic rings. The number of carboxylic acids is 1. The summed E-state index contributed by atoms with van der Waals surface area (Å²) in [6.07, 6.45) is 0. The van der Waals surface area contributed by atoms with Gasteiger partial charge in [-0.2, -0.15) is 0 Å². The number of rotatable bonds is 3. The van der Waals surface area contributed by atoms with Gasteiger partial charge >= 0.3 is 5.97 Å². The number of hydrogen-bond donors (Lipinski definition) is 3. The van der Waals surface area contributed by atoms with Crippen LogP contribution in [-0.2, 0) is 0 Å². The number of carboxylic acid groups (broad SMARTS) is 1. The number of aromatic carboxylic acids is 1. The van der Waals surface area contributed by atoms with E-state index in [0.717, 1.165) is 11.6 Å². The number of anilines is 3. The minimum Gasteiger partial charge on any atom is -0.478 e. The molecule has 0 saturated heterocycles. The van der Waals surface area contributed by atoms with Gasteiger partial charge in [0.05, 0.1) is 22.1 Å². The normalized spacial score (nSPS) is 10.3. The van der Waals surface area contributed by atoms with Crippen molar-refractivity contribution in [2.75, 3.05) is 11.1 Å². The lowest BCUT2D eigenvalue weighted by Gasteiger charge is -2.15. The van der Waals surface area contributed by atoms with Gasteiger partial charge in [0.25, 0.3) is 0 Å². The summed E-state index contributed by atoms with van der Waals surface area (Å²) < 4.78 is 13.4. The second kappa shape index (κ2) is 5.38. The second-order valence-electron chi connectivity index (χ2n) is 4.25. The SMILES string of the molecule is Cc1cccc(Cl)c1Nc1ccc(F)c(N)c1C(=O)O. The summed E-state index contributed by atoms with van der Waals surface area (Å²) in [5, 5.41) is 12.5. The molecule has 0 atom stereocenters. The van der Waals surface area contributed by atoms with Crippen LogP contribution in [0.5, 0.6) is 0 Å². The maximum Gasteiger partial charge on any atom is 0.340 e. The average molecular weight is 295 g/mol. The van der Waals surface area contributed by atoms with Gasteiger partial charge in [0, 0.05) is 0 Å². The molecule has 0 aliphatic heterocycles. The molecule has 0 radical (unpaired) electrons. The van der Waals surface area contributed by atoms with E-state index in [9.17, 15) is 9.18 Å². The topological polar surface area (TPSA) is 75.3 Å². The Morgan fingerprint density at radius 2 is 2.05 bits per heavy atom. The van der Waals surface area contributed by atoms with Crippen molar-refractivity contribution in [2.24, 2.45) is 0 Å². The molecule has 20 heavy (non-hydrogen) atoms. The fourth-order valence-corrected chi connectivity index (χ4v) is 2.12. The number of benzene rings is 2. The molecule has 4 nitrogen and oxygen atoms in total. The molecule has 0 unspecified atom stereocenters. The number of nitrogens with two attached hydrogens (primary N) is 1. The lowest BCUT2D eigenvalue weighted by atomic mass is 10.1. The Balaban J connectivity index is 2.55. The van der Waals surface area contributed by atoms with E-state index in [1.54, 1.807) is 12.1 Å². The third-order valence-corrected chi connectivity index (χ3v) is 3.20. The van der Waals surface area contributed by atoms with Crippen molar-refractivity contribution in [1.29, 1.82) is 0 Å². The van der Waals surface area contributed by atoms with Crippen LogP contribution in [0.4, 0.5) is 21.5 Å². The summed E-state index contributed by atoms with van der Waals surface area (Å²) >= 11 is 6.07. The van der Waals surface area contributed by atoms with Crippen molar-refractivity contribution in [3.05, 3.63) is 52.3 Å². The van der Waals surface area contributed by atoms with Crippen LogP contribution in [0.2, 0.25) is 5.02 Å². The number of nitrogen functional groups attached to an aromatic ring is 1.